The van der Waals surface area contributed by atoms with Crippen molar-refractivity contribution in [1.82, 2.24) is 9.88 Å². The molecule has 6 heteroatoms. The van der Waals surface area contributed by atoms with Gasteiger partial charge in [0.1, 0.15) is 11.3 Å². The van der Waals surface area contributed by atoms with Crippen LogP contribution in [-0.4, -0.2) is 28.7 Å². The maximum absolute atomic E-state index is 12.5. The van der Waals surface area contributed by atoms with Crippen LogP contribution in [0.4, 0.5) is 0 Å². The van der Waals surface area contributed by atoms with Crippen molar-refractivity contribution in [3.63, 3.8) is 0 Å². The fraction of sp³-hybridized carbons (Fsp3) is 0.263. The minimum atomic E-state index is -0.441. The summed E-state index contributed by atoms with van der Waals surface area (Å²) in [6.07, 6.45) is 2.08. The lowest BCUT2D eigenvalue weighted by Gasteiger charge is -2.14. The highest BCUT2D eigenvalue weighted by Crippen LogP contribution is 2.13. The number of para-hydroxylation sites is 1. The standard InChI is InChI=1S/C19H20N2O4/c1-21-17-7-3-2-5-14(17)10-16(19(21)24)18(23)20-11-13(12-22)9-15-6-4-8-25-15/h2-8,10,13,22H,9,11-12H2,1H3,(H,20,23)/t13-/m1/s1. The highest BCUT2D eigenvalue weighted by Gasteiger charge is 2.16. The molecule has 0 aliphatic carbocycles. The van der Waals surface area contributed by atoms with Crippen molar-refractivity contribution >= 4 is 16.8 Å². The second kappa shape index (κ2) is 7.36. The summed E-state index contributed by atoms with van der Waals surface area (Å²) in [4.78, 5) is 24.9. The van der Waals surface area contributed by atoms with Gasteiger partial charge in [-0.25, -0.2) is 0 Å². The van der Waals surface area contributed by atoms with Gasteiger partial charge in [0.15, 0.2) is 0 Å². The summed E-state index contributed by atoms with van der Waals surface area (Å²) in [7, 11) is 1.65. The lowest BCUT2D eigenvalue weighted by Crippen LogP contribution is -2.36. The van der Waals surface area contributed by atoms with E-state index in [-0.39, 0.29) is 30.2 Å². The highest BCUT2D eigenvalue weighted by molar-refractivity contribution is 5.97. The summed E-state index contributed by atoms with van der Waals surface area (Å²) < 4.78 is 6.73. The summed E-state index contributed by atoms with van der Waals surface area (Å²) in [5.74, 6) is 0.124. The number of amides is 1. The van der Waals surface area contributed by atoms with Crippen LogP contribution in [0.2, 0.25) is 0 Å². The molecule has 0 saturated carbocycles. The number of hydrogen-bond acceptors (Lipinski definition) is 4. The molecule has 2 heterocycles. The van der Waals surface area contributed by atoms with E-state index in [1.807, 2.05) is 30.3 Å². The second-order valence-electron chi connectivity index (χ2n) is 6.02. The summed E-state index contributed by atoms with van der Waals surface area (Å²) in [6, 6.07) is 12.6. The molecule has 0 radical (unpaired) electrons. The van der Waals surface area contributed by atoms with Gasteiger partial charge in [-0.2, -0.15) is 0 Å². The van der Waals surface area contributed by atoms with Crippen LogP contribution in [0.15, 0.2) is 57.9 Å². The molecule has 0 saturated heterocycles. The van der Waals surface area contributed by atoms with Gasteiger partial charge in [0, 0.05) is 32.5 Å². The first kappa shape index (κ1) is 17.0. The first-order valence-corrected chi connectivity index (χ1v) is 8.10. The topological polar surface area (TPSA) is 84.5 Å². The summed E-state index contributed by atoms with van der Waals surface area (Å²) in [6.45, 7) is 0.169. The lowest BCUT2D eigenvalue weighted by atomic mass is 10.0. The van der Waals surface area contributed by atoms with Gasteiger partial charge in [0.2, 0.25) is 0 Å². The number of pyridine rings is 1. The van der Waals surface area contributed by atoms with Gasteiger partial charge >= 0.3 is 0 Å². The molecule has 130 valence electrons. The molecule has 3 aromatic rings. The van der Waals surface area contributed by atoms with E-state index in [4.69, 9.17) is 4.42 Å². The monoisotopic (exact) mass is 340 g/mol. The summed E-state index contributed by atoms with van der Waals surface area (Å²) in [5, 5.41) is 13.1. The van der Waals surface area contributed by atoms with Gasteiger partial charge in [-0.1, -0.05) is 18.2 Å². The zero-order valence-corrected chi connectivity index (χ0v) is 13.9. The molecule has 1 aromatic carbocycles. The molecule has 1 atom stereocenters. The first-order chi connectivity index (χ1) is 12.1. The van der Waals surface area contributed by atoms with Crippen molar-refractivity contribution in [2.24, 2.45) is 13.0 Å². The number of benzene rings is 1. The van der Waals surface area contributed by atoms with Crippen molar-refractivity contribution in [3.8, 4) is 0 Å². The Morgan fingerprint density at radius 1 is 1.28 bits per heavy atom. The molecule has 0 fully saturated rings. The van der Waals surface area contributed by atoms with Crippen LogP contribution >= 0.6 is 0 Å². The van der Waals surface area contributed by atoms with E-state index in [0.29, 0.717) is 6.42 Å². The molecule has 2 aromatic heterocycles. The third kappa shape index (κ3) is 3.64. The zero-order valence-electron chi connectivity index (χ0n) is 13.9. The van der Waals surface area contributed by atoms with Crippen molar-refractivity contribution in [2.45, 2.75) is 6.42 Å². The van der Waals surface area contributed by atoms with Gasteiger partial charge in [-0.3, -0.25) is 9.59 Å². The van der Waals surface area contributed by atoms with Crippen LogP contribution in [0, 0.1) is 5.92 Å². The Labute approximate surface area is 144 Å². The minimum Gasteiger partial charge on any atom is -0.469 e. The van der Waals surface area contributed by atoms with Gasteiger partial charge in [-0.15, -0.1) is 0 Å². The van der Waals surface area contributed by atoms with Gasteiger partial charge < -0.3 is 19.4 Å². The van der Waals surface area contributed by atoms with Crippen LogP contribution in [0.5, 0.6) is 0 Å². The van der Waals surface area contributed by atoms with E-state index in [2.05, 4.69) is 5.32 Å². The summed E-state index contributed by atoms with van der Waals surface area (Å²) >= 11 is 0. The molecule has 0 aliphatic rings. The molecular weight excluding hydrogens is 320 g/mol. The van der Waals surface area contributed by atoms with Gasteiger partial charge in [-0.05, 0) is 29.7 Å². The van der Waals surface area contributed by atoms with E-state index in [1.54, 1.807) is 25.4 Å². The number of aliphatic hydroxyl groups is 1. The van der Waals surface area contributed by atoms with Crippen LogP contribution in [0.25, 0.3) is 10.9 Å². The Kier molecular flexibility index (Phi) is 5.00. The number of hydrogen-bond donors (Lipinski definition) is 2. The molecule has 1 amide bonds. The quantitative estimate of drug-likeness (QED) is 0.715. The largest absolute Gasteiger partial charge is 0.469 e. The lowest BCUT2D eigenvalue weighted by molar-refractivity contribution is 0.0937. The number of fused-ring (bicyclic) bond motifs is 1. The second-order valence-corrected chi connectivity index (χ2v) is 6.02. The van der Waals surface area contributed by atoms with Crippen molar-refractivity contribution in [2.75, 3.05) is 13.2 Å². The number of carbonyl (C=O) groups excluding carboxylic acids is 1. The van der Waals surface area contributed by atoms with E-state index in [9.17, 15) is 14.7 Å². The van der Waals surface area contributed by atoms with Crippen LogP contribution < -0.4 is 10.9 Å². The predicted molar refractivity (Wildman–Crippen MR) is 94.5 cm³/mol. The SMILES string of the molecule is Cn1c(=O)c(C(=O)NC[C@H](CO)Cc2ccco2)cc2ccccc21. The molecule has 0 unspecified atom stereocenters. The minimum absolute atomic E-state index is 0.0866. The number of aliphatic hydroxyl groups excluding tert-OH is 1. The van der Waals surface area contributed by atoms with E-state index in [1.165, 1.54) is 4.57 Å². The summed E-state index contributed by atoms with van der Waals surface area (Å²) in [5.41, 5.74) is 0.522. The number of aryl methyl sites for hydroxylation is 1. The molecule has 3 rings (SSSR count). The fourth-order valence-corrected chi connectivity index (χ4v) is 2.83. The third-order valence-electron chi connectivity index (χ3n) is 4.26. The Bertz CT molecular complexity index is 928. The molecule has 2 N–H and O–H groups in total. The average molecular weight is 340 g/mol. The number of nitrogens with one attached hydrogen (secondary N) is 1. The van der Waals surface area contributed by atoms with Crippen molar-refractivity contribution in [1.29, 1.82) is 0 Å². The molecule has 0 bridgehead atoms. The molecule has 0 aliphatic heterocycles. The third-order valence-corrected chi connectivity index (χ3v) is 4.26. The maximum Gasteiger partial charge on any atom is 0.263 e. The van der Waals surface area contributed by atoms with E-state index < -0.39 is 5.91 Å². The van der Waals surface area contributed by atoms with Crippen molar-refractivity contribution in [3.05, 3.63) is 70.4 Å². The van der Waals surface area contributed by atoms with Crippen LogP contribution in [0.3, 0.4) is 0 Å². The molecule has 25 heavy (non-hydrogen) atoms. The van der Waals surface area contributed by atoms with E-state index in [0.717, 1.165) is 16.7 Å². The van der Waals surface area contributed by atoms with Gasteiger partial charge in [0.05, 0.1) is 11.8 Å². The highest BCUT2D eigenvalue weighted by atomic mass is 16.3. The number of rotatable bonds is 6. The Balaban J connectivity index is 1.75. The molecular formula is C19H20N2O4. The molecule has 0 spiro atoms. The van der Waals surface area contributed by atoms with Crippen LogP contribution in [-0.2, 0) is 13.5 Å². The van der Waals surface area contributed by atoms with Gasteiger partial charge in [0.25, 0.3) is 11.5 Å². The Morgan fingerprint density at radius 3 is 2.80 bits per heavy atom. The first-order valence-electron chi connectivity index (χ1n) is 8.10. The molecule has 6 nitrogen and oxygen atoms in total. The maximum atomic E-state index is 12.5. The normalized spacial score (nSPS) is 12.2. The predicted octanol–water partition coefficient (Wildman–Crippen LogP) is 1.71. The number of nitrogens with zero attached hydrogens (tertiary/aromatic N) is 1. The zero-order chi connectivity index (χ0) is 17.8. The van der Waals surface area contributed by atoms with Crippen LogP contribution in [0.1, 0.15) is 16.1 Å². The van der Waals surface area contributed by atoms with Crippen molar-refractivity contribution < 1.29 is 14.3 Å². The van der Waals surface area contributed by atoms with E-state index >= 15 is 0 Å². The smallest absolute Gasteiger partial charge is 0.263 e. The number of aromatic nitrogens is 1. The Morgan fingerprint density at radius 2 is 2.08 bits per heavy atom. The fourth-order valence-electron chi connectivity index (χ4n) is 2.83. The Hall–Kier alpha value is -2.86. The number of furan rings is 1. The average Bonchev–Trinajstić information content (AvgIpc) is 3.14. The number of carbonyl (C=O) groups is 1.